The van der Waals surface area contributed by atoms with Gasteiger partial charge in [-0.15, -0.1) is 0 Å². The zero-order valence-electron chi connectivity index (χ0n) is 10.7. The van der Waals surface area contributed by atoms with E-state index in [2.05, 4.69) is 4.72 Å². The molecule has 1 aromatic rings. The van der Waals surface area contributed by atoms with Crippen LogP contribution < -0.4 is 4.72 Å². The van der Waals surface area contributed by atoms with Crippen molar-refractivity contribution in [1.82, 2.24) is 4.72 Å². The van der Waals surface area contributed by atoms with Gasteiger partial charge in [-0.05, 0) is 37.0 Å². The summed E-state index contributed by atoms with van der Waals surface area (Å²) in [5.74, 6) is 0.214. The topological polar surface area (TPSA) is 75.6 Å². The molecule has 5 nitrogen and oxygen atoms in total. The molecular weight excluding hydrogens is 266 g/mol. The molecule has 0 radical (unpaired) electrons. The number of benzene rings is 1. The van der Waals surface area contributed by atoms with Crippen LogP contribution in [0.4, 0.5) is 0 Å². The van der Waals surface area contributed by atoms with Crippen molar-refractivity contribution in [2.75, 3.05) is 19.8 Å². The van der Waals surface area contributed by atoms with Gasteiger partial charge in [0, 0.05) is 19.8 Å². The first-order valence-electron chi connectivity index (χ1n) is 6.42. The third-order valence-electron chi connectivity index (χ3n) is 3.26. The molecule has 1 fully saturated rings. The lowest BCUT2D eigenvalue weighted by atomic mass is 10.1. The summed E-state index contributed by atoms with van der Waals surface area (Å²) in [6.45, 7) is 1.41. The van der Waals surface area contributed by atoms with Crippen molar-refractivity contribution in [3.63, 3.8) is 0 Å². The third kappa shape index (κ3) is 4.19. The van der Waals surface area contributed by atoms with Crippen LogP contribution in [-0.2, 0) is 21.2 Å². The lowest BCUT2D eigenvalue weighted by Gasteiger charge is -2.22. The Morgan fingerprint density at radius 1 is 1.21 bits per heavy atom. The van der Waals surface area contributed by atoms with E-state index in [4.69, 9.17) is 9.84 Å². The molecule has 1 heterocycles. The number of phenolic OH excluding ortho intramolecular Hbond substituents is 1. The minimum Gasteiger partial charge on any atom is -0.508 e. The van der Waals surface area contributed by atoms with Crippen LogP contribution in [0.2, 0.25) is 0 Å². The molecule has 0 amide bonds. The zero-order valence-corrected chi connectivity index (χ0v) is 11.5. The van der Waals surface area contributed by atoms with Crippen molar-refractivity contribution in [3.05, 3.63) is 29.8 Å². The highest BCUT2D eigenvalue weighted by Crippen LogP contribution is 2.15. The lowest BCUT2D eigenvalue weighted by molar-refractivity contribution is 0.0981. The third-order valence-corrected chi connectivity index (χ3v) is 5.22. The summed E-state index contributed by atoms with van der Waals surface area (Å²) in [6, 6.07) is 6.78. The van der Waals surface area contributed by atoms with Crippen LogP contribution in [0.3, 0.4) is 0 Å². The SMILES string of the molecule is O=S(=O)(NCCc1ccc(O)cc1)C1CCOCC1. The fourth-order valence-electron chi connectivity index (χ4n) is 2.10. The van der Waals surface area contributed by atoms with E-state index >= 15 is 0 Å². The molecule has 19 heavy (non-hydrogen) atoms. The molecule has 0 atom stereocenters. The number of rotatable bonds is 5. The van der Waals surface area contributed by atoms with Crippen molar-refractivity contribution in [1.29, 1.82) is 0 Å². The summed E-state index contributed by atoms with van der Waals surface area (Å²) in [4.78, 5) is 0. The van der Waals surface area contributed by atoms with E-state index in [1.807, 2.05) is 0 Å². The molecule has 0 spiro atoms. The smallest absolute Gasteiger partial charge is 0.214 e. The first-order chi connectivity index (χ1) is 9.08. The van der Waals surface area contributed by atoms with Crippen molar-refractivity contribution < 1.29 is 18.3 Å². The number of aromatic hydroxyl groups is 1. The number of hydrogen-bond acceptors (Lipinski definition) is 4. The summed E-state index contributed by atoms with van der Waals surface area (Å²) < 4.78 is 31.9. The molecule has 0 aliphatic carbocycles. The maximum Gasteiger partial charge on any atom is 0.214 e. The van der Waals surface area contributed by atoms with Gasteiger partial charge in [-0.25, -0.2) is 13.1 Å². The molecule has 0 unspecified atom stereocenters. The van der Waals surface area contributed by atoms with Crippen LogP contribution in [-0.4, -0.2) is 38.5 Å². The molecule has 2 N–H and O–H groups in total. The molecule has 0 aromatic heterocycles. The Morgan fingerprint density at radius 2 is 1.84 bits per heavy atom. The molecule has 1 aromatic carbocycles. The number of hydrogen-bond donors (Lipinski definition) is 2. The molecule has 0 bridgehead atoms. The van der Waals surface area contributed by atoms with E-state index in [9.17, 15) is 8.42 Å². The van der Waals surface area contributed by atoms with Gasteiger partial charge in [-0.2, -0.15) is 0 Å². The molecule has 1 aliphatic heterocycles. The molecular formula is C13H19NO4S. The molecule has 2 rings (SSSR count). The summed E-state index contributed by atoms with van der Waals surface area (Å²) in [5, 5.41) is 8.83. The quantitative estimate of drug-likeness (QED) is 0.847. The summed E-state index contributed by atoms with van der Waals surface area (Å²) in [7, 11) is -3.24. The first-order valence-corrected chi connectivity index (χ1v) is 7.97. The second kappa shape index (κ2) is 6.36. The van der Waals surface area contributed by atoms with E-state index in [-0.39, 0.29) is 11.0 Å². The Kier molecular flexibility index (Phi) is 4.79. The predicted molar refractivity (Wildman–Crippen MR) is 72.6 cm³/mol. The number of phenols is 1. The van der Waals surface area contributed by atoms with E-state index in [0.717, 1.165) is 5.56 Å². The Morgan fingerprint density at radius 3 is 2.47 bits per heavy atom. The minimum absolute atomic E-state index is 0.214. The highest BCUT2D eigenvalue weighted by atomic mass is 32.2. The van der Waals surface area contributed by atoms with Gasteiger partial charge in [0.05, 0.1) is 5.25 Å². The normalized spacial score (nSPS) is 17.5. The van der Waals surface area contributed by atoms with Crippen molar-refractivity contribution in [2.45, 2.75) is 24.5 Å². The van der Waals surface area contributed by atoms with E-state index in [1.54, 1.807) is 24.3 Å². The number of ether oxygens (including phenoxy) is 1. The van der Waals surface area contributed by atoms with Gasteiger partial charge in [0.1, 0.15) is 5.75 Å². The molecule has 106 valence electrons. The van der Waals surface area contributed by atoms with Crippen molar-refractivity contribution in [2.24, 2.45) is 0 Å². The van der Waals surface area contributed by atoms with Gasteiger partial charge in [-0.1, -0.05) is 12.1 Å². The van der Waals surface area contributed by atoms with Crippen LogP contribution in [0.1, 0.15) is 18.4 Å². The van der Waals surface area contributed by atoms with Crippen LogP contribution in [0.5, 0.6) is 5.75 Å². The van der Waals surface area contributed by atoms with Crippen LogP contribution in [0, 0.1) is 0 Å². The Bertz CT molecular complexity index is 492. The lowest BCUT2D eigenvalue weighted by Crippen LogP contribution is -2.38. The van der Waals surface area contributed by atoms with Crippen molar-refractivity contribution >= 4 is 10.0 Å². The second-order valence-corrected chi connectivity index (χ2v) is 6.71. The highest BCUT2D eigenvalue weighted by molar-refractivity contribution is 7.90. The number of sulfonamides is 1. The van der Waals surface area contributed by atoms with E-state index in [0.29, 0.717) is 39.0 Å². The van der Waals surface area contributed by atoms with Crippen LogP contribution >= 0.6 is 0 Å². The zero-order chi connectivity index (χ0) is 13.7. The largest absolute Gasteiger partial charge is 0.508 e. The minimum atomic E-state index is -3.24. The van der Waals surface area contributed by atoms with Crippen LogP contribution in [0.15, 0.2) is 24.3 Å². The average molecular weight is 285 g/mol. The average Bonchev–Trinajstić information content (AvgIpc) is 2.42. The predicted octanol–water partition coefficient (Wildman–Crippen LogP) is 1.03. The number of nitrogens with one attached hydrogen (secondary N) is 1. The van der Waals surface area contributed by atoms with Gasteiger partial charge in [0.25, 0.3) is 0 Å². The Hall–Kier alpha value is -1.11. The van der Waals surface area contributed by atoms with Gasteiger partial charge < -0.3 is 9.84 Å². The molecule has 6 heteroatoms. The maximum atomic E-state index is 12.0. The molecule has 0 saturated carbocycles. The first kappa shape index (κ1) is 14.3. The van der Waals surface area contributed by atoms with Gasteiger partial charge in [0.15, 0.2) is 0 Å². The Labute approximate surface area is 113 Å². The van der Waals surface area contributed by atoms with E-state index < -0.39 is 10.0 Å². The summed E-state index contributed by atoms with van der Waals surface area (Å²) in [5.41, 5.74) is 0.993. The molecule has 1 aliphatic rings. The van der Waals surface area contributed by atoms with Crippen LogP contribution in [0.25, 0.3) is 0 Å². The fraction of sp³-hybridized carbons (Fsp3) is 0.538. The summed E-state index contributed by atoms with van der Waals surface area (Å²) in [6.07, 6.45) is 1.74. The highest BCUT2D eigenvalue weighted by Gasteiger charge is 2.26. The second-order valence-electron chi connectivity index (χ2n) is 4.67. The fourth-order valence-corrected chi connectivity index (χ4v) is 3.54. The van der Waals surface area contributed by atoms with Gasteiger partial charge >= 0.3 is 0 Å². The standard InChI is InChI=1S/C13H19NO4S/c15-12-3-1-11(2-4-12)5-8-14-19(16,17)13-6-9-18-10-7-13/h1-4,13-15H,5-10H2. The maximum absolute atomic E-state index is 12.0. The van der Waals surface area contributed by atoms with Gasteiger partial charge in [-0.3, -0.25) is 0 Å². The molecule has 1 saturated heterocycles. The monoisotopic (exact) mass is 285 g/mol. The Balaban J connectivity index is 1.82. The summed E-state index contributed by atoms with van der Waals surface area (Å²) >= 11 is 0. The van der Waals surface area contributed by atoms with Crippen molar-refractivity contribution in [3.8, 4) is 5.75 Å². The van der Waals surface area contributed by atoms with Gasteiger partial charge in [0.2, 0.25) is 10.0 Å². The van der Waals surface area contributed by atoms with E-state index in [1.165, 1.54) is 0 Å².